The van der Waals surface area contributed by atoms with Gasteiger partial charge in [0.05, 0.1) is 0 Å². The average molecular weight is 456 g/mol. The quantitative estimate of drug-likeness (QED) is 0.594. The van der Waals surface area contributed by atoms with E-state index in [0.717, 1.165) is 81.6 Å². The summed E-state index contributed by atoms with van der Waals surface area (Å²) < 4.78 is 5.61. The molecule has 6 nitrogen and oxygen atoms in total. The number of rotatable bonds is 3. The molecule has 2 atom stereocenters. The zero-order valence-corrected chi connectivity index (χ0v) is 20.4. The summed E-state index contributed by atoms with van der Waals surface area (Å²) in [7, 11) is 0. The zero-order valence-electron chi connectivity index (χ0n) is 20.4. The third-order valence-corrected chi connectivity index (χ3v) is 7.48. The van der Waals surface area contributed by atoms with Gasteiger partial charge in [-0.15, -0.1) is 0 Å². The van der Waals surface area contributed by atoms with Crippen LogP contribution in [0.4, 0.5) is 5.69 Å². The predicted molar refractivity (Wildman–Crippen MR) is 134 cm³/mol. The lowest BCUT2D eigenvalue weighted by atomic mass is 9.93. The number of nitrogens with zero attached hydrogens (tertiary/aromatic N) is 2. The van der Waals surface area contributed by atoms with Crippen molar-refractivity contribution in [3.63, 3.8) is 0 Å². The first-order valence-electron chi connectivity index (χ1n) is 12.9. The molecule has 3 aliphatic rings. The standard InChI is InChI=1S/C27H41N3O3/c1-3-30(21-13-15-33-16-14-21)25-12-8-11-23-22(25)10-7-5-4-6-9-20-17-19(2)29-27(32)24(20)18-28-26(23)31/h8,11-12,21,26-28,31-32H,3-7,9-10,13-18H2,1-2H3. The third kappa shape index (κ3) is 5.86. The number of anilines is 1. The van der Waals surface area contributed by atoms with E-state index in [2.05, 4.69) is 40.3 Å². The minimum atomic E-state index is -0.798. The zero-order chi connectivity index (χ0) is 23.2. The van der Waals surface area contributed by atoms with Gasteiger partial charge >= 0.3 is 0 Å². The van der Waals surface area contributed by atoms with Crippen molar-refractivity contribution in [1.29, 1.82) is 0 Å². The van der Waals surface area contributed by atoms with Gasteiger partial charge in [-0.2, -0.15) is 0 Å². The number of allylic oxidation sites excluding steroid dienone is 1. The third-order valence-electron chi connectivity index (χ3n) is 7.48. The second-order valence-electron chi connectivity index (χ2n) is 9.72. The Balaban J connectivity index is 1.63. The molecule has 3 N–H and O–H groups in total. The van der Waals surface area contributed by atoms with Crippen LogP contribution in [0.3, 0.4) is 0 Å². The first-order chi connectivity index (χ1) is 16.1. The molecule has 0 bridgehead atoms. The number of nitrogens with one attached hydrogen (secondary N) is 1. The molecule has 182 valence electrons. The van der Waals surface area contributed by atoms with Gasteiger partial charge in [0.1, 0.15) is 6.23 Å². The summed E-state index contributed by atoms with van der Waals surface area (Å²) in [5.41, 5.74) is 6.71. The van der Waals surface area contributed by atoms with Gasteiger partial charge in [-0.3, -0.25) is 10.3 Å². The molecule has 1 aromatic rings. The second-order valence-corrected chi connectivity index (χ2v) is 9.72. The SMILES string of the molecule is CCN(c1cccc2c1CCCCCCC1=C(CNC2O)C(O)N=C(C)C1)C1CCOCC1. The first-order valence-corrected chi connectivity index (χ1v) is 12.9. The molecular formula is C27H41N3O3. The van der Waals surface area contributed by atoms with Crippen molar-refractivity contribution < 1.29 is 14.9 Å². The fourth-order valence-corrected chi connectivity index (χ4v) is 5.72. The molecule has 1 fully saturated rings. The number of hydrogen-bond donors (Lipinski definition) is 3. The van der Waals surface area contributed by atoms with E-state index in [4.69, 9.17) is 4.74 Å². The van der Waals surface area contributed by atoms with Gasteiger partial charge in [-0.25, -0.2) is 0 Å². The number of aliphatic hydroxyl groups is 2. The first kappa shape index (κ1) is 24.4. The molecule has 0 spiro atoms. The largest absolute Gasteiger partial charge is 0.381 e. The van der Waals surface area contributed by atoms with Gasteiger partial charge < -0.3 is 19.8 Å². The lowest BCUT2D eigenvalue weighted by molar-refractivity contribution is 0.0845. The van der Waals surface area contributed by atoms with E-state index in [9.17, 15) is 10.2 Å². The summed E-state index contributed by atoms with van der Waals surface area (Å²) in [6.07, 6.45) is 7.96. The lowest BCUT2D eigenvalue weighted by Gasteiger charge is -2.37. The van der Waals surface area contributed by atoms with Gasteiger partial charge in [-0.05, 0) is 69.6 Å². The number of hydrogen-bond acceptors (Lipinski definition) is 6. The van der Waals surface area contributed by atoms with Gasteiger partial charge in [0.2, 0.25) is 0 Å². The van der Waals surface area contributed by atoms with E-state index in [1.807, 2.05) is 6.92 Å². The Hall–Kier alpha value is -1.73. The van der Waals surface area contributed by atoms with Gasteiger partial charge in [0, 0.05) is 55.7 Å². The Morgan fingerprint density at radius 3 is 2.61 bits per heavy atom. The van der Waals surface area contributed by atoms with Crippen LogP contribution in [0.15, 0.2) is 34.3 Å². The minimum absolute atomic E-state index is 0.454. The van der Waals surface area contributed by atoms with Crippen LogP contribution < -0.4 is 10.2 Å². The number of aliphatic hydroxyl groups excluding tert-OH is 2. The molecule has 0 radical (unpaired) electrons. The van der Waals surface area contributed by atoms with Crippen molar-refractivity contribution in [2.75, 3.05) is 31.2 Å². The number of dihydropyridines is 1. The van der Waals surface area contributed by atoms with Crippen molar-refractivity contribution in [1.82, 2.24) is 5.32 Å². The van der Waals surface area contributed by atoms with Crippen molar-refractivity contribution in [2.24, 2.45) is 4.99 Å². The van der Waals surface area contributed by atoms with E-state index in [1.165, 1.54) is 29.7 Å². The molecule has 4 rings (SSSR count). The predicted octanol–water partition coefficient (Wildman–Crippen LogP) is 4.26. The van der Waals surface area contributed by atoms with Crippen LogP contribution in [0.25, 0.3) is 0 Å². The summed E-state index contributed by atoms with van der Waals surface area (Å²) in [4.78, 5) is 6.92. The molecule has 2 unspecified atom stereocenters. The molecule has 0 aliphatic carbocycles. The van der Waals surface area contributed by atoms with Crippen molar-refractivity contribution >= 4 is 11.4 Å². The van der Waals surface area contributed by atoms with Gasteiger partial charge in [-0.1, -0.05) is 30.5 Å². The summed E-state index contributed by atoms with van der Waals surface area (Å²) >= 11 is 0. The highest BCUT2D eigenvalue weighted by molar-refractivity contribution is 5.85. The highest BCUT2D eigenvalue weighted by Crippen LogP contribution is 2.33. The van der Waals surface area contributed by atoms with E-state index in [0.29, 0.717) is 12.6 Å². The van der Waals surface area contributed by atoms with Crippen LogP contribution in [0.2, 0.25) is 0 Å². The Bertz CT molecular complexity index is 860. The van der Waals surface area contributed by atoms with Crippen molar-refractivity contribution in [2.45, 2.75) is 90.1 Å². The molecule has 0 amide bonds. The fraction of sp³-hybridized carbons (Fsp3) is 0.667. The van der Waals surface area contributed by atoms with Crippen molar-refractivity contribution in [3.8, 4) is 0 Å². The van der Waals surface area contributed by atoms with Crippen LogP contribution in [-0.2, 0) is 11.2 Å². The maximum absolute atomic E-state index is 11.2. The normalized spacial score (nSPS) is 25.8. The number of benzene rings is 1. The van der Waals surface area contributed by atoms with E-state index < -0.39 is 12.5 Å². The topological polar surface area (TPSA) is 77.3 Å². The van der Waals surface area contributed by atoms with Crippen LogP contribution in [0, 0.1) is 0 Å². The van der Waals surface area contributed by atoms with E-state index >= 15 is 0 Å². The fourth-order valence-electron chi connectivity index (χ4n) is 5.72. The Morgan fingerprint density at radius 1 is 1.09 bits per heavy atom. The van der Waals surface area contributed by atoms with Crippen LogP contribution in [0.1, 0.15) is 82.6 Å². The van der Waals surface area contributed by atoms with Crippen LogP contribution in [0.5, 0.6) is 0 Å². The molecule has 1 aromatic carbocycles. The highest BCUT2D eigenvalue weighted by atomic mass is 16.5. The molecule has 1 saturated heterocycles. The molecule has 3 heterocycles. The van der Waals surface area contributed by atoms with E-state index in [-0.39, 0.29) is 0 Å². The number of ether oxygens (including phenoxy) is 1. The summed E-state index contributed by atoms with van der Waals surface area (Å²) in [5, 5.41) is 25.2. The summed E-state index contributed by atoms with van der Waals surface area (Å²) in [6, 6.07) is 6.85. The Kier molecular flexibility index (Phi) is 8.58. The smallest absolute Gasteiger partial charge is 0.168 e. The summed E-state index contributed by atoms with van der Waals surface area (Å²) in [5.74, 6) is 0. The molecular weight excluding hydrogens is 414 g/mol. The van der Waals surface area contributed by atoms with Crippen LogP contribution >= 0.6 is 0 Å². The minimum Gasteiger partial charge on any atom is -0.381 e. The molecule has 3 aliphatic heterocycles. The average Bonchev–Trinajstić information content (AvgIpc) is 2.83. The second kappa shape index (κ2) is 11.6. The monoisotopic (exact) mass is 455 g/mol. The van der Waals surface area contributed by atoms with Gasteiger partial charge in [0.25, 0.3) is 0 Å². The molecule has 0 saturated carbocycles. The Labute approximate surface area is 198 Å². The molecule has 0 aromatic heterocycles. The molecule has 6 heteroatoms. The van der Waals surface area contributed by atoms with Crippen LogP contribution in [-0.4, -0.2) is 54.5 Å². The Morgan fingerprint density at radius 2 is 1.85 bits per heavy atom. The lowest BCUT2D eigenvalue weighted by Crippen LogP contribution is -2.40. The van der Waals surface area contributed by atoms with Gasteiger partial charge in [0.15, 0.2) is 6.23 Å². The number of aliphatic imine (C=N–C) groups is 1. The number of fused-ring (bicyclic) bond motifs is 1. The maximum Gasteiger partial charge on any atom is 0.168 e. The van der Waals surface area contributed by atoms with E-state index in [1.54, 1.807) is 0 Å². The summed E-state index contributed by atoms with van der Waals surface area (Å²) in [6.45, 7) is 7.26. The molecule has 33 heavy (non-hydrogen) atoms. The van der Waals surface area contributed by atoms with Crippen molar-refractivity contribution in [3.05, 3.63) is 40.5 Å². The maximum atomic E-state index is 11.2. The highest BCUT2D eigenvalue weighted by Gasteiger charge is 2.26.